The van der Waals surface area contributed by atoms with Crippen LogP contribution >= 0.6 is 11.6 Å². The highest BCUT2D eigenvalue weighted by atomic mass is 35.5. The fourth-order valence-electron chi connectivity index (χ4n) is 4.12. The number of hydrogen-bond donors (Lipinski definition) is 2. The Labute approximate surface area is 204 Å². The molecule has 0 fully saturated rings. The summed E-state index contributed by atoms with van der Waals surface area (Å²) in [6.45, 7) is 6.50. The zero-order valence-corrected chi connectivity index (χ0v) is 20.0. The second-order valence-corrected chi connectivity index (χ2v) is 8.72. The normalized spacial score (nSPS) is 11.8. The van der Waals surface area contributed by atoms with Crippen LogP contribution in [0.15, 0.2) is 61.2 Å². The molecule has 3 aromatic rings. The number of hydrogen-bond acceptors (Lipinski definition) is 3. The number of ketones is 1. The molecule has 0 saturated carbocycles. The monoisotopic (exact) mass is 480 g/mol. The van der Waals surface area contributed by atoms with Gasteiger partial charge in [-0.15, -0.1) is 6.58 Å². The van der Waals surface area contributed by atoms with Crippen LogP contribution in [0.1, 0.15) is 52.6 Å². The number of rotatable bonds is 12. The number of allylic oxidation sites excluding steroid dienone is 1. The fourth-order valence-corrected chi connectivity index (χ4v) is 4.30. The average Bonchev–Trinajstić information content (AvgIpc) is 3.16. The molecule has 0 radical (unpaired) electrons. The Morgan fingerprint density at radius 3 is 2.53 bits per heavy atom. The molecular formula is C27H29ClN2O4. The third-order valence-corrected chi connectivity index (χ3v) is 5.99. The van der Waals surface area contributed by atoms with E-state index in [-0.39, 0.29) is 30.6 Å². The standard InChI is InChI=1S/C27H29ClN2O4/c1-3-5-20(15-18-6-8-19(9-7-18)27(34)29-13-12-25(31)32)26(33)24-17-21-16-22(28)10-11-23(21)30(24)14-4-2/h4,6-11,16-17,20H,2-3,5,12-15H2,1H3,(H,29,34)(H,31,32). The average molecular weight is 481 g/mol. The van der Waals surface area contributed by atoms with Crippen molar-refractivity contribution in [2.24, 2.45) is 5.92 Å². The second-order valence-electron chi connectivity index (χ2n) is 8.28. The topological polar surface area (TPSA) is 88.4 Å². The van der Waals surface area contributed by atoms with Gasteiger partial charge in [0, 0.05) is 40.5 Å². The van der Waals surface area contributed by atoms with Crippen molar-refractivity contribution in [1.82, 2.24) is 9.88 Å². The highest BCUT2D eigenvalue weighted by Gasteiger charge is 2.24. The molecule has 1 unspecified atom stereocenters. The van der Waals surface area contributed by atoms with Crippen molar-refractivity contribution in [2.45, 2.75) is 39.2 Å². The fraction of sp³-hybridized carbons (Fsp3) is 0.296. The zero-order chi connectivity index (χ0) is 24.7. The van der Waals surface area contributed by atoms with Crippen LogP contribution < -0.4 is 5.32 Å². The second kappa shape index (κ2) is 11.7. The summed E-state index contributed by atoms with van der Waals surface area (Å²) in [6, 6.07) is 14.6. The van der Waals surface area contributed by atoms with Gasteiger partial charge in [0.2, 0.25) is 0 Å². The van der Waals surface area contributed by atoms with Crippen molar-refractivity contribution in [1.29, 1.82) is 0 Å². The van der Waals surface area contributed by atoms with E-state index < -0.39 is 5.97 Å². The van der Waals surface area contributed by atoms with Crippen LogP contribution in [-0.2, 0) is 17.8 Å². The molecule has 1 aromatic heterocycles. The van der Waals surface area contributed by atoms with E-state index in [9.17, 15) is 14.4 Å². The van der Waals surface area contributed by atoms with Crippen LogP contribution in [0.5, 0.6) is 0 Å². The highest BCUT2D eigenvalue weighted by molar-refractivity contribution is 6.31. The smallest absolute Gasteiger partial charge is 0.305 e. The molecule has 178 valence electrons. The quantitative estimate of drug-likeness (QED) is 0.263. The summed E-state index contributed by atoms with van der Waals surface area (Å²) >= 11 is 6.16. The van der Waals surface area contributed by atoms with E-state index in [1.165, 1.54) is 0 Å². The first-order chi connectivity index (χ1) is 16.3. The lowest BCUT2D eigenvalue weighted by Gasteiger charge is -2.17. The lowest BCUT2D eigenvalue weighted by molar-refractivity contribution is -0.136. The number of benzene rings is 2. The molecule has 1 heterocycles. The minimum absolute atomic E-state index is 0.0755. The van der Waals surface area contributed by atoms with E-state index in [1.807, 2.05) is 41.0 Å². The van der Waals surface area contributed by atoms with Crippen molar-refractivity contribution in [2.75, 3.05) is 6.54 Å². The maximum atomic E-state index is 13.6. The van der Waals surface area contributed by atoms with Gasteiger partial charge >= 0.3 is 5.97 Å². The predicted octanol–water partition coefficient (Wildman–Crippen LogP) is 5.53. The van der Waals surface area contributed by atoms with Gasteiger partial charge in [-0.25, -0.2) is 0 Å². The Balaban J connectivity index is 1.79. The predicted molar refractivity (Wildman–Crippen MR) is 135 cm³/mol. The molecule has 6 nitrogen and oxygen atoms in total. The number of nitrogens with zero attached hydrogens (tertiary/aromatic N) is 1. The molecule has 0 saturated heterocycles. The molecule has 1 atom stereocenters. The zero-order valence-electron chi connectivity index (χ0n) is 19.2. The number of aliphatic carboxylic acids is 1. The molecule has 3 rings (SSSR count). The van der Waals surface area contributed by atoms with E-state index in [0.29, 0.717) is 29.2 Å². The number of carbonyl (C=O) groups is 3. The molecule has 0 aliphatic carbocycles. The van der Waals surface area contributed by atoms with Crippen molar-refractivity contribution < 1.29 is 19.5 Å². The largest absolute Gasteiger partial charge is 0.481 e. The van der Waals surface area contributed by atoms with Gasteiger partial charge in [0.15, 0.2) is 5.78 Å². The molecule has 2 aromatic carbocycles. The number of halogens is 1. The van der Waals surface area contributed by atoms with Gasteiger partial charge in [-0.05, 0) is 54.8 Å². The maximum Gasteiger partial charge on any atom is 0.305 e. The minimum Gasteiger partial charge on any atom is -0.481 e. The summed E-state index contributed by atoms with van der Waals surface area (Å²) in [5.41, 5.74) is 3.00. The van der Waals surface area contributed by atoms with Gasteiger partial charge in [0.25, 0.3) is 5.91 Å². The Kier molecular flexibility index (Phi) is 8.66. The molecule has 0 aliphatic heterocycles. The van der Waals surface area contributed by atoms with Crippen LogP contribution in [0.25, 0.3) is 10.9 Å². The molecule has 7 heteroatoms. The summed E-state index contributed by atoms with van der Waals surface area (Å²) in [7, 11) is 0. The van der Waals surface area contributed by atoms with Crippen LogP contribution in [0, 0.1) is 5.92 Å². The molecular weight excluding hydrogens is 452 g/mol. The van der Waals surface area contributed by atoms with Gasteiger partial charge in [0.05, 0.1) is 12.1 Å². The van der Waals surface area contributed by atoms with E-state index in [2.05, 4.69) is 18.8 Å². The first-order valence-electron chi connectivity index (χ1n) is 11.4. The van der Waals surface area contributed by atoms with E-state index in [1.54, 1.807) is 18.2 Å². The van der Waals surface area contributed by atoms with Crippen molar-refractivity contribution in [3.8, 4) is 0 Å². The molecule has 0 aliphatic rings. The van der Waals surface area contributed by atoms with Crippen molar-refractivity contribution >= 4 is 40.2 Å². The lowest BCUT2D eigenvalue weighted by Crippen LogP contribution is -2.26. The Hall–Kier alpha value is -3.38. The van der Waals surface area contributed by atoms with Gasteiger partial charge < -0.3 is 15.0 Å². The van der Waals surface area contributed by atoms with Crippen molar-refractivity contribution in [3.05, 3.63) is 83.0 Å². The van der Waals surface area contributed by atoms with Gasteiger partial charge in [-0.1, -0.05) is 43.2 Å². The molecule has 0 spiro atoms. The van der Waals surface area contributed by atoms with E-state index >= 15 is 0 Å². The molecule has 1 amide bonds. The first kappa shape index (κ1) is 25.2. The van der Waals surface area contributed by atoms with E-state index in [4.69, 9.17) is 16.7 Å². The highest BCUT2D eigenvalue weighted by Crippen LogP contribution is 2.27. The van der Waals surface area contributed by atoms with Gasteiger partial charge in [-0.2, -0.15) is 0 Å². The molecule has 2 N–H and O–H groups in total. The number of amides is 1. The number of fused-ring (bicyclic) bond motifs is 1. The molecule has 0 bridgehead atoms. The SMILES string of the molecule is C=CCn1c(C(=O)C(CCC)Cc2ccc(C(=O)NCCC(=O)O)cc2)cc2cc(Cl)ccc21. The van der Waals surface area contributed by atoms with Gasteiger partial charge in [-0.3, -0.25) is 14.4 Å². The number of nitrogens with one attached hydrogen (secondary N) is 1. The third-order valence-electron chi connectivity index (χ3n) is 5.76. The molecule has 34 heavy (non-hydrogen) atoms. The van der Waals surface area contributed by atoms with Crippen LogP contribution in [-0.4, -0.2) is 33.9 Å². The number of carboxylic acids is 1. The maximum absolute atomic E-state index is 13.6. The Bertz CT molecular complexity index is 1200. The Morgan fingerprint density at radius 1 is 1.15 bits per heavy atom. The number of Topliss-reactive ketones (excluding diaryl/α,β-unsaturated/α-hetero) is 1. The van der Waals surface area contributed by atoms with Crippen LogP contribution in [0.4, 0.5) is 0 Å². The van der Waals surface area contributed by atoms with Gasteiger partial charge in [0.1, 0.15) is 0 Å². The number of aromatic nitrogens is 1. The first-order valence-corrected chi connectivity index (χ1v) is 11.7. The minimum atomic E-state index is -0.961. The summed E-state index contributed by atoms with van der Waals surface area (Å²) in [5.74, 6) is -1.41. The number of carboxylic acid groups (broad SMARTS) is 1. The summed E-state index contributed by atoms with van der Waals surface area (Å²) in [4.78, 5) is 36.4. The Morgan fingerprint density at radius 2 is 1.88 bits per heavy atom. The van der Waals surface area contributed by atoms with E-state index in [0.717, 1.165) is 29.3 Å². The van der Waals surface area contributed by atoms with Crippen molar-refractivity contribution in [3.63, 3.8) is 0 Å². The van der Waals surface area contributed by atoms with Crippen LogP contribution in [0.3, 0.4) is 0 Å². The third kappa shape index (κ3) is 6.14. The summed E-state index contributed by atoms with van der Waals surface area (Å²) in [5, 5.41) is 12.8. The number of carbonyl (C=O) groups excluding carboxylic acids is 2. The summed E-state index contributed by atoms with van der Waals surface area (Å²) < 4.78 is 1.98. The summed E-state index contributed by atoms with van der Waals surface area (Å²) in [6.07, 6.45) is 3.82. The van der Waals surface area contributed by atoms with Crippen LogP contribution in [0.2, 0.25) is 5.02 Å². The lowest BCUT2D eigenvalue weighted by atomic mass is 9.89.